The molecule has 0 saturated carbocycles. The maximum Gasteiger partial charge on any atom is 0.217 e. The number of hydrogen-bond acceptors (Lipinski definition) is 4. The molecular weight excluding hydrogens is 216 g/mol. The van der Waals surface area contributed by atoms with Crippen molar-refractivity contribution in [3.63, 3.8) is 0 Å². The zero-order valence-electron chi connectivity index (χ0n) is 10.9. The number of aromatic nitrogens is 1. The summed E-state index contributed by atoms with van der Waals surface area (Å²) in [4.78, 5) is 4.14. The normalized spacial score (nSPS) is 14.4. The van der Waals surface area contributed by atoms with Gasteiger partial charge in [0.25, 0.3) is 0 Å². The van der Waals surface area contributed by atoms with E-state index in [1.54, 1.807) is 13.3 Å². The summed E-state index contributed by atoms with van der Waals surface area (Å²) in [6, 6.07) is 3.88. The van der Waals surface area contributed by atoms with E-state index in [2.05, 4.69) is 24.1 Å². The first kappa shape index (κ1) is 13.9. The number of pyridine rings is 1. The highest BCUT2D eigenvalue weighted by atomic mass is 16.5. The smallest absolute Gasteiger partial charge is 0.217 e. The van der Waals surface area contributed by atoms with Gasteiger partial charge in [-0.3, -0.25) is 0 Å². The zero-order valence-corrected chi connectivity index (χ0v) is 10.9. The molecule has 4 heteroatoms. The molecule has 1 aromatic rings. The van der Waals surface area contributed by atoms with Gasteiger partial charge in [0.2, 0.25) is 5.88 Å². The molecule has 0 aliphatic rings. The molecule has 0 aromatic carbocycles. The summed E-state index contributed by atoms with van der Waals surface area (Å²) in [5.74, 6) is 0.655. The zero-order chi connectivity index (χ0) is 12.7. The van der Waals surface area contributed by atoms with Crippen molar-refractivity contribution in [2.45, 2.75) is 26.8 Å². The predicted octanol–water partition coefficient (Wildman–Crippen LogP) is 1.59. The molecular formula is C13H22N2O2. The Morgan fingerprint density at radius 3 is 2.88 bits per heavy atom. The molecule has 0 fully saturated rings. The Bertz CT molecular complexity index is 338. The van der Waals surface area contributed by atoms with Crippen LogP contribution in [0.15, 0.2) is 18.3 Å². The lowest BCUT2D eigenvalue weighted by Crippen LogP contribution is -2.34. The second-order valence-corrected chi connectivity index (χ2v) is 4.60. The molecule has 96 valence electrons. The standard InChI is InChI=1S/C13H22N2O2/c1-4-13(2,10-16)9-14-8-11-6-5-7-15-12(11)17-3/h5-7,14,16H,4,8-10H2,1-3H3. The summed E-state index contributed by atoms with van der Waals surface area (Å²) < 4.78 is 5.18. The third kappa shape index (κ3) is 3.98. The molecule has 1 aromatic heterocycles. The molecule has 0 saturated heterocycles. The van der Waals surface area contributed by atoms with Crippen LogP contribution in [0.2, 0.25) is 0 Å². The highest BCUT2D eigenvalue weighted by Crippen LogP contribution is 2.19. The van der Waals surface area contributed by atoms with Crippen molar-refractivity contribution in [2.24, 2.45) is 5.41 Å². The van der Waals surface area contributed by atoms with E-state index in [-0.39, 0.29) is 12.0 Å². The fraction of sp³-hybridized carbons (Fsp3) is 0.615. The van der Waals surface area contributed by atoms with Crippen LogP contribution in [0.3, 0.4) is 0 Å². The fourth-order valence-electron chi connectivity index (χ4n) is 1.53. The summed E-state index contributed by atoms with van der Waals surface area (Å²) in [5, 5.41) is 12.6. The van der Waals surface area contributed by atoms with Gasteiger partial charge in [0, 0.05) is 36.9 Å². The second-order valence-electron chi connectivity index (χ2n) is 4.60. The Labute approximate surface area is 103 Å². The van der Waals surface area contributed by atoms with Crippen LogP contribution in [0.5, 0.6) is 5.88 Å². The number of aliphatic hydroxyl groups excluding tert-OH is 1. The highest BCUT2D eigenvalue weighted by Gasteiger charge is 2.20. The van der Waals surface area contributed by atoms with Gasteiger partial charge in [0.1, 0.15) is 0 Å². The second kappa shape index (κ2) is 6.57. The largest absolute Gasteiger partial charge is 0.481 e. The van der Waals surface area contributed by atoms with Crippen LogP contribution >= 0.6 is 0 Å². The molecule has 1 atom stereocenters. The number of methoxy groups -OCH3 is 1. The SMILES string of the molecule is CCC(C)(CO)CNCc1cccnc1OC. The Morgan fingerprint density at radius 1 is 1.53 bits per heavy atom. The quantitative estimate of drug-likeness (QED) is 0.757. The van der Waals surface area contributed by atoms with Gasteiger partial charge in [0.05, 0.1) is 7.11 Å². The van der Waals surface area contributed by atoms with Crippen LogP contribution in [0.25, 0.3) is 0 Å². The number of aliphatic hydroxyl groups is 1. The molecule has 1 rings (SSSR count). The number of rotatable bonds is 7. The van der Waals surface area contributed by atoms with Crippen molar-refractivity contribution < 1.29 is 9.84 Å². The van der Waals surface area contributed by atoms with Crippen molar-refractivity contribution in [3.8, 4) is 5.88 Å². The van der Waals surface area contributed by atoms with E-state index < -0.39 is 0 Å². The van der Waals surface area contributed by atoms with Crippen LogP contribution in [0.1, 0.15) is 25.8 Å². The molecule has 17 heavy (non-hydrogen) atoms. The Hall–Kier alpha value is -1.13. The van der Waals surface area contributed by atoms with Gasteiger partial charge in [-0.25, -0.2) is 4.98 Å². The highest BCUT2D eigenvalue weighted by molar-refractivity contribution is 5.24. The van der Waals surface area contributed by atoms with E-state index >= 15 is 0 Å². The first-order valence-corrected chi connectivity index (χ1v) is 5.94. The summed E-state index contributed by atoms with van der Waals surface area (Å²) in [6.45, 7) is 5.83. The molecule has 0 spiro atoms. The van der Waals surface area contributed by atoms with Crippen LogP contribution in [0, 0.1) is 5.41 Å². The lowest BCUT2D eigenvalue weighted by Gasteiger charge is -2.26. The molecule has 0 bridgehead atoms. The number of ether oxygens (including phenoxy) is 1. The number of nitrogens with zero attached hydrogens (tertiary/aromatic N) is 1. The fourth-order valence-corrected chi connectivity index (χ4v) is 1.53. The molecule has 1 unspecified atom stereocenters. The molecule has 0 aliphatic heterocycles. The van der Waals surface area contributed by atoms with Crippen molar-refractivity contribution >= 4 is 0 Å². The third-order valence-corrected chi connectivity index (χ3v) is 3.15. The van der Waals surface area contributed by atoms with Crippen LogP contribution < -0.4 is 10.1 Å². The summed E-state index contributed by atoms with van der Waals surface area (Å²) in [5.41, 5.74) is 0.974. The van der Waals surface area contributed by atoms with Gasteiger partial charge in [-0.1, -0.05) is 19.9 Å². The van der Waals surface area contributed by atoms with Crippen molar-refractivity contribution in [2.75, 3.05) is 20.3 Å². The monoisotopic (exact) mass is 238 g/mol. The molecule has 0 radical (unpaired) electrons. The van der Waals surface area contributed by atoms with E-state index in [1.165, 1.54) is 0 Å². The Morgan fingerprint density at radius 2 is 2.29 bits per heavy atom. The minimum Gasteiger partial charge on any atom is -0.481 e. The van der Waals surface area contributed by atoms with E-state index in [1.807, 2.05) is 12.1 Å². The van der Waals surface area contributed by atoms with Crippen LogP contribution in [0.4, 0.5) is 0 Å². The van der Waals surface area contributed by atoms with Crippen molar-refractivity contribution in [1.29, 1.82) is 0 Å². The maximum atomic E-state index is 9.31. The lowest BCUT2D eigenvalue weighted by atomic mass is 9.88. The minimum absolute atomic E-state index is 0.0601. The topological polar surface area (TPSA) is 54.4 Å². The Balaban J connectivity index is 2.51. The first-order chi connectivity index (χ1) is 8.15. The van der Waals surface area contributed by atoms with Crippen LogP contribution in [-0.4, -0.2) is 30.4 Å². The van der Waals surface area contributed by atoms with Crippen molar-refractivity contribution in [1.82, 2.24) is 10.3 Å². The van der Waals surface area contributed by atoms with Gasteiger partial charge in [-0.15, -0.1) is 0 Å². The number of hydrogen-bond donors (Lipinski definition) is 2. The van der Waals surface area contributed by atoms with Gasteiger partial charge in [-0.05, 0) is 12.5 Å². The van der Waals surface area contributed by atoms with Gasteiger partial charge in [0.15, 0.2) is 0 Å². The maximum absolute atomic E-state index is 9.31. The molecule has 1 heterocycles. The minimum atomic E-state index is -0.0601. The summed E-state index contributed by atoms with van der Waals surface area (Å²) >= 11 is 0. The Kier molecular flexibility index (Phi) is 5.38. The molecule has 0 amide bonds. The molecule has 2 N–H and O–H groups in total. The average molecular weight is 238 g/mol. The average Bonchev–Trinajstić information content (AvgIpc) is 2.39. The van der Waals surface area contributed by atoms with E-state index in [4.69, 9.17) is 4.74 Å². The first-order valence-electron chi connectivity index (χ1n) is 5.94. The number of nitrogens with one attached hydrogen (secondary N) is 1. The third-order valence-electron chi connectivity index (χ3n) is 3.15. The van der Waals surface area contributed by atoms with E-state index in [0.29, 0.717) is 12.4 Å². The van der Waals surface area contributed by atoms with Gasteiger partial charge < -0.3 is 15.2 Å². The summed E-state index contributed by atoms with van der Waals surface area (Å²) in [7, 11) is 1.62. The summed E-state index contributed by atoms with van der Waals surface area (Å²) in [6.07, 6.45) is 2.66. The van der Waals surface area contributed by atoms with Crippen LogP contribution in [-0.2, 0) is 6.54 Å². The van der Waals surface area contributed by atoms with E-state index in [0.717, 1.165) is 18.5 Å². The van der Waals surface area contributed by atoms with Gasteiger partial charge >= 0.3 is 0 Å². The van der Waals surface area contributed by atoms with Crippen molar-refractivity contribution in [3.05, 3.63) is 23.9 Å². The van der Waals surface area contributed by atoms with Gasteiger partial charge in [-0.2, -0.15) is 0 Å². The molecule has 0 aliphatic carbocycles. The van der Waals surface area contributed by atoms with E-state index in [9.17, 15) is 5.11 Å². The molecule has 4 nitrogen and oxygen atoms in total. The predicted molar refractivity (Wildman–Crippen MR) is 68.0 cm³/mol. The lowest BCUT2D eigenvalue weighted by molar-refractivity contribution is 0.135.